The van der Waals surface area contributed by atoms with Gasteiger partial charge in [-0.15, -0.1) is 0 Å². The van der Waals surface area contributed by atoms with Crippen LogP contribution in [0.2, 0.25) is 0 Å². The van der Waals surface area contributed by atoms with Gasteiger partial charge in [-0.1, -0.05) is 55.3 Å². The van der Waals surface area contributed by atoms with Crippen LogP contribution in [0.4, 0.5) is 4.39 Å². The molecule has 6 heteroatoms. The van der Waals surface area contributed by atoms with Crippen LogP contribution in [0.3, 0.4) is 0 Å². The second-order valence-electron chi connectivity index (χ2n) is 8.82. The molecule has 1 aliphatic carbocycles. The van der Waals surface area contributed by atoms with Gasteiger partial charge in [-0.25, -0.2) is 4.39 Å². The van der Waals surface area contributed by atoms with E-state index in [4.69, 9.17) is 0 Å². The first-order valence-corrected chi connectivity index (χ1v) is 11.7. The fourth-order valence-corrected chi connectivity index (χ4v) is 5.04. The highest BCUT2D eigenvalue weighted by molar-refractivity contribution is 5.94. The molecular formula is C26H32FN3O2. The van der Waals surface area contributed by atoms with E-state index >= 15 is 0 Å². The molecular weight excluding hydrogens is 405 g/mol. The molecule has 0 bridgehead atoms. The number of nitrogens with one attached hydrogen (secondary N) is 1. The monoisotopic (exact) mass is 437 g/mol. The summed E-state index contributed by atoms with van der Waals surface area (Å²) in [6.45, 7) is 2.90. The highest BCUT2D eigenvalue weighted by Crippen LogP contribution is 2.31. The highest BCUT2D eigenvalue weighted by atomic mass is 19.1. The average Bonchev–Trinajstić information content (AvgIpc) is 3.35. The van der Waals surface area contributed by atoms with Crippen LogP contribution in [-0.4, -0.2) is 60.4 Å². The molecule has 2 fully saturated rings. The topological polar surface area (TPSA) is 52.7 Å². The van der Waals surface area contributed by atoms with Crippen LogP contribution in [0, 0.1) is 11.7 Å². The zero-order valence-corrected chi connectivity index (χ0v) is 18.5. The third kappa shape index (κ3) is 5.36. The molecule has 2 aromatic rings. The summed E-state index contributed by atoms with van der Waals surface area (Å²) in [6.07, 6.45) is 5.31. The van der Waals surface area contributed by atoms with Gasteiger partial charge in [0.05, 0.1) is 11.6 Å². The molecule has 4 rings (SSSR count). The minimum Gasteiger partial charge on any atom is -0.354 e. The van der Waals surface area contributed by atoms with Crippen LogP contribution in [0.5, 0.6) is 0 Å². The van der Waals surface area contributed by atoms with E-state index in [0.717, 1.165) is 19.3 Å². The quantitative estimate of drug-likeness (QED) is 0.721. The van der Waals surface area contributed by atoms with Crippen LogP contribution in [0.1, 0.15) is 41.6 Å². The second kappa shape index (κ2) is 10.7. The lowest BCUT2D eigenvalue weighted by Gasteiger charge is -2.40. The average molecular weight is 438 g/mol. The van der Waals surface area contributed by atoms with E-state index < -0.39 is 5.82 Å². The minimum atomic E-state index is -0.485. The SMILES string of the molecule is O=C(NCCc1ccccc1)C(C1CCCC1)N1CCN(C(=O)c2ccccc2F)CC1. The molecule has 1 N–H and O–H groups in total. The van der Waals surface area contributed by atoms with Gasteiger partial charge in [0.2, 0.25) is 5.91 Å². The van der Waals surface area contributed by atoms with E-state index in [9.17, 15) is 14.0 Å². The van der Waals surface area contributed by atoms with Crippen LogP contribution >= 0.6 is 0 Å². The van der Waals surface area contributed by atoms with Gasteiger partial charge >= 0.3 is 0 Å². The number of rotatable bonds is 7. The van der Waals surface area contributed by atoms with Gasteiger partial charge in [-0.2, -0.15) is 0 Å². The third-order valence-electron chi connectivity index (χ3n) is 6.77. The van der Waals surface area contributed by atoms with Crippen molar-refractivity contribution in [2.75, 3.05) is 32.7 Å². The van der Waals surface area contributed by atoms with Crippen molar-refractivity contribution >= 4 is 11.8 Å². The molecule has 1 atom stereocenters. The van der Waals surface area contributed by atoms with Crippen LogP contribution in [0.15, 0.2) is 54.6 Å². The van der Waals surface area contributed by atoms with Crippen molar-refractivity contribution in [1.29, 1.82) is 0 Å². The number of benzene rings is 2. The largest absolute Gasteiger partial charge is 0.354 e. The zero-order chi connectivity index (χ0) is 22.3. The summed E-state index contributed by atoms with van der Waals surface area (Å²) in [5, 5.41) is 3.16. The Balaban J connectivity index is 1.35. The third-order valence-corrected chi connectivity index (χ3v) is 6.77. The van der Waals surface area contributed by atoms with E-state index in [2.05, 4.69) is 22.3 Å². The smallest absolute Gasteiger partial charge is 0.256 e. The first kappa shape index (κ1) is 22.5. The maximum Gasteiger partial charge on any atom is 0.256 e. The summed E-state index contributed by atoms with van der Waals surface area (Å²) in [5.41, 5.74) is 1.33. The number of piperazine rings is 1. The van der Waals surface area contributed by atoms with E-state index in [0.29, 0.717) is 38.6 Å². The summed E-state index contributed by atoms with van der Waals surface area (Å²) in [7, 11) is 0. The molecule has 2 amide bonds. The lowest BCUT2D eigenvalue weighted by atomic mass is 9.94. The summed E-state index contributed by atoms with van der Waals surface area (Å²) in [6, 6.07) is 16.1. The first-order valence-electron chi connectivity index (χ1n) is 11.7. The number of carbonyl (C=O) groups is 2. The lowest BCUT2D eigenvalue weighted by molar-refractivity contribution is -0.129. The van der Waals surface area contributed by atoms with Crippen molar-refractivity contribution in [3.8, 4) is 0 Å². The summed E-state index contributed by atoms with van der Waals surface area (Å²) in [5.74, 6) is -0.295. The standard InChI is InChI=1S/C26H32FN3O2/c27-23-13-7-6-12-22(23)26(32)30-18-16-29(17-19-30)24(21-10-4-5-11-21)25(31)28-15-14-20-8-2-1-3-9-20/h1-3,6-9,12-13,21,24H,4-5,10-11,14-19H2,(H,28,31). The van der Waals surface area contributed by atoms with Gasteiger partial charge in [-0.05, 0) is 42.9 Å². The number of hydrogen-bond acceptors (Lipinski definition) is 3. The Bertz CT molecular complexity index is 906. The fraction of sp³-hybridized carbons (Fsp3) is 0.462. The molecule has 2 aromatic carbocycles. The van der Waals surface area contributed by atoms with Gasteiger partial charge in [0.15, 0.2) is 0 Å². The van der Waals surface area contributed by atoms with Crippen molar-refractivity contribution in [1.82, 2.24) is 15.1 Å². The molecule has 32 heavy (non-hydrogen) atoms. The van der Waals surface area contributed by atoms with E-state index in [1.54, 1.807) is 17.0 Å². The molecule has 1 aliphatic heterocycles. The molecule has 170 valence electrons. The van der Waals surface area contributed by atoms with E-state index in [1.165, 1.54) is 30.5 Å². The molecule has 5 nitrogen and oxygen atoms in total. The summed E-state index contributed by atoms with van der Waals surface area (Å²) < 4.78 is 14.0. The molecule has 2 aliphatic rings. The summed E-state index contributed by atoms with van der Waals surface area (Å²) >= 11 is 0. The Morgan fingerprint density at radius 3 is 2.28 bits per heavy atom. The number of nitrogens with zero attached hydrogens (tertiary/aromatic N) is 2. The summed E-state index contributed by atoms with van der Waals surface area (Å²) in [4.78, 5) is 29.9. The van der Waals surface area contributed by atoms with Crippen molar-refractivity contribution in [3.05, 3.63) is 71.5 Å². The molecule has 1 unspecified atom stereocenters. The maximum atomic E-state index is 14.0. The van der Waals surface area contributed by atoms with Crippen LogP contribution in [-0.2, 0) is 11.2 Å². The lowest BCUT2D eigenvalue weighted by Crippen LogP contribution is -2.58. The van der Waals surface area contributed by atoms with Gasteiger partial charge in [0.1, 0.15) is 5.82 Å². The van der Waals surface area contributed by atoms with Gasteiger partial charge in [0.25, 0.3) is 5.91 Å². The Morgan fingerprint density at radius 2 is 1.59 bits per heavy atom. The van der Waals surface area contributed by atoms with Crippen molar-refractivity contribution < 1.29 is 14.0 Å². The predicted octanol–water partition coefficient (Wildman–Crippen LogP) is 3.50. The molecule has 1 heterocycles. The van der Waals surface area contributed by atoms with Gasteiger partial charge in [0, 0.05) is 32.7 Å². The van der Waals surface area contributed by atoms with Crippen molar-refractivity contribution in [2.24, 2.45) is 5.92 Å². The van der Waals surface area contributed by atoms with E-state index in [-0.39, 0.29) is 23.4 Å². The predicted molar refractivity (Wildman–Crippen MR) is 123 cm³/mol. The van der Waals surface area contributed by atoms with Crippen LogP contribution in [0.25, 0.3) is 0 Å². The van der Waals surface area contributed by atoms with Crippen molar-refractivity contribution in [2.45, 2.75) is 38.1 Å². The Morgan fingerprint density at radius 1 is 0.938 bits per heavy atom. The Labute approximate surface area is 189 Å². The number of halogens is 1. The Hall–Kier alpha value is -2.73. The molecule has 0 aromatic heterocycles. The normalized spacial score (nSPS) is 18.5. The Kier molecular flexibility index (Phi) is 7.53. The zero-order valence-electron chi connectivity index (χ0n) is 18.5. The molecule has 0 spiro atoms. The molecule has 1 saturated heterocycles. The second-order valence-corrected chi connectivity index (χ2v) is 8.82. The van der Waals surface area contributed by atoms with E-state index in [1.807, 2.05) is 18.2 Å². The minimum absolute atomic E-state index is 0.0988. The maximum absolute atomic E-state index is 14.0. The fourth-order valence-electron chi connectivity index (χ4n) is 5.04. The molecule has 0 radical (unpaired) electrons. The highest BCUT2D eigenvalue weighted by Gasteiger charge is 2.37. The van der Waals surface area contributed by atoms with Crippen molar-refractivity contribution in [3.63, 3.8) is 0 Å². The number of hydrogen-bond donors (Lipinski definition) is 1. The molecule has 1 saturated carbocycles. The van der Waals surface area contributed by atoms with Gasteiger partial charge in [-0.3, -0.25) is 14.5 Å². The van der Waals surface area contributed by atoms with Gasteiger partial charge < -0.3 is 10.2 Å². The number of amides is 2. The van der Waals surface area contributed by atoms with Crippen LogP contribution < -0.4 is 5.32 Å². The number of carbonyl (C=O) groups excluding carboxylic acids is 2. The first-order chi connectivity index (χ1) is 15.6.